The number of hydrogen-bond donors (Lipinski definition) is 1. The van der Waals surface area contributed by atoms with Gasteiger partial charge < -0.3 is 4.98 Å². The Kier molecular flexibility index (Phi) is 4.63. The third-order valence-electron chi connectivity index (χ3n) is 3.41. The average molecular weight is 376 g/mol. The van der Waals surface area contributed by atoms with Crippen molar-refractivity contribution in [1.29, 1.82) is 0 Å². The lowest BCUT2D eigenvalue weighted by atomic mass is 10.2. The van der Waals surface area contributed by atoms with Crippen LogP contribution in [0.3, 0.4) is 0 Å². The van der Waals surface area contributed by atoms with Gasteiger partial charge in [0.15, 0.2) is 5.16 Å². The number of halogens is 1. The first-order valence-electron chi connectivity index (χ1n) is 7.08. The highest BCUT2D eigenvalue weighted by Crippen LogP contribution is 2.27. The standard InChI is InChI=1S/C15H9FN4O5S/c16-9-1-2-13-12(5-9)14(21)18-15(17-13)26-7-8-3-10(19(22)23)6-11(4-8)20(24)25/h1-6H,7H2,(H,17,18,21). The zero-order chi connectivity index (χ0) is 18.8. The SMILES string of the molecule is O=c1[nH]c(SCc2cc([N+](=O)[O-])cc([N+](=O)[O-])c2)nc2ccc(F)cc12. The van der Waals surface area contributed by atoms with Crippen LogP contribution in [0, 0.1) is 26.0 Å². The number of non-ortho nitro benzene ring substituents is 2. The van der Waals surface area contributed by atoms with Crippen LogP contribution in [0.15, 0.2) is 46.3 Å². The lowest BCUT2D eigenvalue weighted by Gasteiger charge is -2.04. The van der Waals surface area contributed by atoms with Crippen molar-refractivity contribution in [3.05, 3.63) is 78.4 Å². The number of rotatable bonds is 5. The van der Waals surface area contributed by atoms with Gasteiger partial charge in [0.05, 0.1) is 26.8 Å². The number of aromatic nitrogens is 2. The number of fused-ring (bicyclic) bond motifs is 1. The minimum Gasteiger partial charge on any atom is -0.301 e. The number of nitrogens with zero attached hydrogens (tertiary/aromatic N) is 3. The van der Waals surface area contributed by atoms with Gasteiger partial charge in [-0.1, -0.05) is 11.8 Å². The van der Waals surface area contributed by atoms with Crippen LogP contribution in [0.5, 0.6) is 0 Å². The van der Waals surface area contributed by atoms with Crippen LogP contribution >= 0.6 is 11.8 Å². The average Bonchev–Trinajstić information content (AvgIpc) is 2.60. The first-order chi connectivity index (χ1) is 12.3. The Bertz CT molecular complexity index is 1070. The number of thioether (sulfide) groups is 1. The van der Waals surface area contributed by atoms with E-state index in [9.17, 15) is 29.4 Å². The van der Waals surface area contributed by atoms with E-state index in [0.717, 1.165) is 23.9 Å². The first kappa shape index (κ1) is 17.5. The number of nitro groups is 2. The molecule has 0 saturated heterocycles. The van der Waals surface area contributed by atoms with Crippen LogP contribution in [0.1, 0.15) is 5.56 Å². The van der Waals surface area contributed by atoms with Gasteiger partial charge in [0, 0.05) is 17.9 Å². The molecule has 0 radical (unpaired) electrons. The maximum atomic E-state index is 13.2. The molecule has 0 aliphatic carbocycles. The number of aromatic amines is 1. The molecule has 0 amide bonds. The first-order valence-corrected chi connectivity index (χ1v) is 8.07. The molecule has 3 rings (SSSR count). The molecule has 0 aliphatic rings. The van der Waals surface area contributed by atoms with Gasteiger partial charge in [0.1, 0.15) is 5.82 Å². The van der Waals surface area contributed by atoms with Crippen molar-refractivity contribution in [3.63, 3.8) is 0 Å². The summed E-state index contributed by atoms with van der Waals surface area (Å²) in [6, 6.07) is 6.91. The summed E-state index contributed by atoms with van der Waals surface area (Å²) in [4.78, 5) is 39.0. The highest BCUT2D eigenvalue weighted by atomic mass is 32.2. The van der Waals surface area contributed by atoms with E-state index in [0.29, 0.717) is 11.1 Å². The zero-order valence-corrected chi connectivity index (χ0v) is 13.7. The van der Waals surface area contributed by atoms with Crippen LogP contribution in [-0.2, 0) is 5.75 Å². The molecule has 26 heavy (non-hydrogen) atoms. The molecular formula is C15H9FN4O5S. The van der Waals surface area contributed by atoms with E-state index in [4.69, 9.17) is 0 Å². The Morgan fingerprint density at radius 3 is 2.35 bits per heavy atom. The summed E-state index contributed by atoms with van der Waals surface area (Å²) >= 11 is 1.04. The van der Waals surface area contributed by atoms with Gasteiger partial charge in [-0.15, -0.1) is 0 Å². The van der Waals surface area contributed by atoms with Crippen LogP contribution in [-0.4, -0.2) is 19.8 Å². The van der Waals surface area contributed by atoms with Crippen molar-refractivity contribution in [2.24, 2.45) is 0 Å². The number of nitrogens with one attached hydrogen (secondary N) is 1. The molecule has 0 aliphatic heterocycles. The second-order valence-corrected chi connectivity index (χ2v) is 6.16. The molecule has 9 nitrogen and oxygen atoms in total. The maximum absolute atomic E-state index is 13.2. The fourth-order valence-corrected chi connectivity index (χ4v) is 3.06. The van der Waals surface area contributed by atoms with E-state index in [-0.39, 0.29) is 16.3 Å². The summed E-state index contributed by atoms with van der Waals surface area (Å²) in [5.74, 6) is -0.452. The number of H-pyrrole nitrogens is 1. The van der Waals surface area contributed by atoms with Gasteiger partial charge in [0.2, 0.25) is 0 Å². The van der Waals surface area contributed by atoms with E-state index in [1.807, 2.05) is 0 Å². The quantitative estimate of drug-likeness (QED) is 0.313. The van der Waals surface area contributed by atoms with Crippen molar-refractivity contribution in [3.8, 4) is 0 Å². The van der Waals surface area contributed by atoms with Gasteiger partial charge in [-0.05, 0) is 23.8 Å². The molecule has 2 aromatic carbocycles. The Morgan fingerprint density at radius 2 is 1.73 bits per heavy atom. The molecule has 1 aromatic heterocycles. The summed E-state index contributed by atoms with van der Waals surface area (Å²) in [5, 5.41) is 22.1. The van der Waals surface area contributed by atoms with Gasteiger partial charge >= 0.3 is 0 Å². The summed E-state index contributed by atoms with van der Waals surface area (Å²) in [6.45, 7) is 0. The van der Waals surface area contributed by atoms with Crippen molar-refractivity contribution in [1.82, 2.24) is 9.97 Å². The summed E-state index contributed by atoms with van der Waals surface area (Å²) in [7, 11) is 0. The highest BCUT2D eigenvalue weighted by Gasteiger charge is 2.17. The summed E-state index contributed by atoms with van der Waals surface area (Å²) < 4.78 is 13.2. The Hall–Kier alpha value is -3.34. The Labute approximate surface area is 148 Å². The van der Waals surface area contributed by atoms with Crippen molar-refractivity contribution >= 4 is 34.0 Å². The summed E-state index contributed by atoms with van der Waals surface area (Å²) in [6.07, 6.45) is 0. The second-order valence-electron chi connectivity index (χ2n) is 5.19. The third kappa shape index (κ3) is 3.67. The third-order valence-corrected chi connectivity index (χ3v) is 4.35. The molecule has 0 unspecified atom stereocenters. The van der Waals surface area contributed by atoms with E-state index in [1.165, 1.54) is 24.3 Å². The van der Waals surface area contributed by atoms with Crippen molar-refractivity contribution < 1.29 is 14.2 Å². The Balaban J connectivity index is 1.90. The van der Waals surface area contributed by atoms with E-state index >= 15 is 0 Å². The van der Waals surface area contributed by atoms with Crippen molar-refractivity contribution in [2.75, 3.05) is 0 Å². The van der Waals surface area contributed by atoms with Gasteiger partial charge in [0.25, 0.3) is 16.9 Å². The normalized spacial score (nSPS) is 10.8. The molecule has 0 saturated carbocycles. The number of benzene rings is 2. The smallest absolute Gasteiger partial charge is 0.276 e. The fraction of sp³-hybridized carbons (Fsp3) is 0.0667. The largest absolute Gasteiger partial charge is 0.301 e. The molecule has 11 heteroatoms. The molecule has 0 atom stereocenters. The van der Waals surface area contributed by atoms with Gasteiger partial charge in [-0.2, -0.15) is 0 Å². The highest BCUT2D eigenvalue weighted by molar-refractivity contribution is 7.98. The maximum Gasteiger partial charge on any atom is 0.276 e. The topological polar surface area (TPSA) is 132 Å². The van der Waals surface area contributed by atoms with Gasteiger partial charge in [-0.3, -0.25) is 25.0 Å². The molecule has 132 valence electrons. The van der Waals surface area contributed by atoms with E-state index in [1.54, 1.807) is 0 Å². The zero-order valence-electron chi connectivity index (χ0n) is 12.8. The van der Waals surface area contributed by atoms with Crippen LogP contribution in [0.2, 0.25) is 0 Å². The molecule has 0 bridgehead atoms. The predicted octanol–water partition coefficient (Wildman–Crippen LogP) is 3.17. The fourth-order valence-electron chi connectivity index (χ4n) is 2.26. The molecule has 0 spiro atoms. The van der Waals surface area contributed by atoms with Crippen LogP contribution < -0.4 is 5.56 Å². The number of hydrogen-bond acceptors (Lipinski definition) is 7. The summed E-state index contributed by atoms with van der Waals surface area (Å²) in [5.41, 5.74) is -0.696. The van der Waals surface area contributed by atoms with E-state index < -0.39 is 32.6 Å². The van der Waals surface area contributed by atoms with Crippen LogP contribution in [0.4, 0.5) is 15.8 Å². The number of nitro benzene ring substituents is 2. The van der Waals surface area contributed by atoms with Crippen LogP contribution in [0.25, 0.3) is 10.9 Å². The Morgan fingerprint density at radius 1 is 1.08 bits per heavy atom. The molecule has 1 heterocycles. The predicted molar refractivity (Wildman–Crippen MR) is 91.6 cm³/mol. The monoisotopic (exact) mass is 376 g/mol. The molecule has 3 aromatic rings. The van der Waals surface area contributed by atoms with Crippen molar-refractivity contribution in [2.45, 2.75) is 10.9 Å². The molecular weight excluding hydrogens is 367 g/mol. The molecule has 1 N–H and O–H groups in total. The minimum atomic E-state index is -0.716. The van der Waals surface area contributed by atoms with Gasteiger partial charge in [-0.25, -0.2) is 9.37 Å². The lowest BCUT2D eigenvalue weighted by molar-refractivity contribution is -0.394. The molecule has 0 fully saturated rings. The second kappa shape index (κ2) is 6.88. The lowest BCUT2D eigenvalue weighted by Crippen LogP contribution is -2.09. The minimum absolute atomic E-state index is 0.0975. The van der Waals surface area contributed by atoms with E-state index in [2.05, 4.69) is 9.97 Å².